The highest BCUT2D eigenvalue weighted by atomic mass is 32.1. The van der Waals surface area contributed by atoms with Gasteiger partial charge in [-0.05, 0) is 58.8 Å². The van der Waals surface area contributed by atoms with Crippen LogP contribution in [0.15, 0.2) is 35.0 Å². The molecular weight excluding hydrogens is 322 g/mol. The fourth-order valence-corrected chi connectivity index (χ4v) is 4.50. The van der Waals surface area contributed by atoms with Crippen molar-refractivity contribution in [2.24, 2.45) is 11.8 Å². The highest BCUT2D eigenvalue weighted by Crippen LogP contribution is 2.51. The molecule has 24 heavy (non-hydrogen) atoms. The molecule has 4 rings (SSSR count). The van der Waals surface area contributed by atoms with E-state index < -0.39 is 0 Å². The molecule has 0 bridgehead atoms. The minimum absolute atomic E-state index is 0.258. The zero-order chi connectivity index (χ0) is 16.7. The van der Waals surface area contributed by atoms with Crippen molar-refractivity contribution in [3.05, 3.63) is 46.2 Å². The van der Waals surface area contributed by atoms with Crippen molar-refractivity contribution in [2.75, 3.05) is 14.2 Å². The zero-order valence-electron chi connectivity index (χ0n) is 13.9. The number of hydrogen-bond acceptors (Lipinski definition) is 4. The Labute approximate surface area is 146 Å². The topological polar surface area (TPSA) is 38.8 Å². The Hall–Kier alpha value is -2.01. The van der Waals surface area contributed by atoms with E-state index in [4.69, 9.17) is 9.47 Å². The summed E-state index contributed by atoms with van der Waals surface area (Å²) in [5.41, 5.74) is 2.42. The highest BCUT2D eigenvalue weighted by molar-refractivity contribution is 7.07. The van der Waals surface area contributed by atoms with E-state index in [1.165, 1.54) is 5.56 Å². The monoisotopic (exact) mass is 343 g/mol. The number of piperidine rings is 1. The standard InChI is InChI=1S/C19H21NO3S/c1-22-17-4-3-12(8-18(17)23-2)10-20-16(7-13-5-6-24-11-13)14-9-15(14)19(20)21/h3-6,8,11,14-16H,7,9-10H2,1-2H3/t14-,15+,16-/m0/s1. The van der Waals surface area contributed by atoms with Crippen LogP contribution in [0.25, 0.3) is 0 Å². The van der Waals surface area contributed by atoms with Gasteiger partial charge in [0.15, 0.2) is 11.5 Å². The Morgan fingerprint density at radius 1 is 1.17 bits per heavy atom. The molecule has 1 saturated heterocycles. The molecule has 0 spiro atoms. The summed E-state index contributed by atoms with van der Waals surface area (Å²) in [6, 6.07) is 8.38. The number of fused-ring (bicyclic) bond motifs is 1. The summed E-state index contributed by atoms with van der Waals surface area (Å²) >= 11 is 1.72. The Bertz CT molecular complexity index is 743. The Morgan fingerprint density at radius 2 is 2.00 bits per heavy atom. The van der Waals surface area contributed by atoms with Gasteiger partial charge in [-0.3, -0.25) is 4.79 Å². The number of methoxy groups -OCH3 is 2. The van der Waals surface area contributed by atoms with E-state index in [-0.39, 0.29) is 5.92 Å². The predicted molar refractivity (Wildman–Crippen MR) is 93.5 cm³/mol. The van der Waals surface area contributed by atoms with E-state index in [2.05, 4.69) is 21.7 Å². The molecule has 1 aromatic carbocycles. The molecule has 1 aliphatic carbocycles. The molecule has 0 unspecified atom stereocenters. The second-order valence-corrected chi connectivity index (χ2v) is 7.34. The fraction of sp³-hybridized carbons (Fsp3) is 0.421. The first-order valence-corrected chi connectivity index (χ1v) is 9.18. The van der Waals surface area contributed by atoms with Crippen molar-refractivity contribution < 1.29 is 14.3 Å². The minimum atomic E-state index is 0.258. The maximum Gasteiger partial charge on any atom is 0.226 e. The maximum absolute atomic E-state index is 12.6. The molecule has 1 saturated carbocycles. The molecule has 1 aliphatic heterocycles. The summed E-state index contributed by atoms with van der Waals surface area (Å²) in [5, 5.41) is 4.30. The number of hydrogen-bond donors (Lipinski definition) is 0. The van der Waals surface area contributed by atoms with Crippen molar-refractivity contribution >= 4 is 17.2 Å². The lowest BCUT2D eigenvalue weighted by Gasteiger charge is -2.28. The minimum Gasteiger partial charge on any atom is -0.493 e. The summed E-state index contributed by atoms with van der Waals surface area (Å²) in [6.45, 7) is 0.640. The molecule has 1 aromatic heterocycles. The van der Waals surface area contributed by atoms with Gasteiger partial charge in [-0.2, -0.15) is 11.3 Å². The van der Waals surface area contributed by atoms with Crippen LogP contribution in [0, 0.1) is 11.8 Å². The SMILES string of the molecule is COc1ccc(CN2C(=O)[C@@H]3C[C@@H]3[C@@H]2Cc2ccsc2)cc1OC. The number of likely N-dealkylation sites (tertiary alicyclic amines) is 1. The Kier molecular flexibility index (Phi) is 3.96. The Morgan fingerprint density at radius 3 is 2.71 bits per heavy atom. The quantitative estimate of drug-likeness (QED) is 0.807. The van der Waals surface area contributed by atoms with Gasteiger partial charge in [-0.25, -0.2) is 0 Å². The fourth-order valence-electron chi connectivity index (χ4n) is 3.81. The van der Waals surface area contributed by atoms with Crippen molar-refractivity contribution in [1.82, 2.24) is 4.90 Å². The first-order chi connectivity index (χ1) is 11.7. The number of ether oxygens (including phenoxy) is 2. The van der Waals surface area contributed by atoms with Gasteiger partial charge in [0.2, 0.25) is 5.91 Å². The predicted octanol–water partition coefficient (Wildman–Crippen LogP) is 3.35. The lowest BCUT2D eigenvalue weighted by atomic mass is 10.0. The number of amides is 1. The van der Waals surface area contributed by atoms with Gasteiger partial charge in [-0.15, -0.1) is 0 Å². The van der Waals surface area contributed by atoms with E-state index >= 15 is 0 Å². The third-order valence-corrected chi connectivity index (χ3v) is 5.89. The number of rotatable bonds is 6. The molecule has 2 aromatic rings. The lowest BCUT2D eigenvalue weighted by molar-refractivity contribution is -0.132. The van der Waals surface area contributed by atoms with E-state index in [9.17, 15) is 4.79 Å². The molecular formula is C19H21NO3S. The van der Waals surface area contributed by atoms with E-state index in [0.29, 0.717) is 35.9 Å². The molecule has 2 heterocycles. The van der Waals surface area contributed by atoms with Crippen LogP contribution in [0.4, 0.5) is 0 Å². The number of carbonyl (C=O) groups excluding carboxylic acids is 1. The number of thiophene rings is 1. The Balaban J connectivity index is 1.55. The van der Waals surface area contributed by atoms with Gasteiger partial charge in [0, 0.05) is 18.5 Å². The average molecular weight is 343 g/mol. The smallest absolute Gasteiger partial charge is 0.226 e. The summed E-state index contributed by atoms with van der Waals surface area (Å²) in [7, 11) is 3.27. The molecule has 5 heteroatoms. The number of carbonyl (C=O) groups is 1. The third kappa shape index (κ3) is 2.67. The number of nitrogens with zero attached hydrogens (tertiary/aromatic N) is 1. The molecule has 3 atom stereocenters. The summed E-state index contributed by atoms with van der Waals surface area (Å²) in [5.74, 6) is 2.54. The number of benzene rings is 1. The summed E-state index contributed by atoms with van der Waals surface area (Å²) in [6.07, 6.45) is 2.03. The largest absolute Gasteiger partial charge is 0.493 e. The second kappa shape index (κ2) is 6.13. The van der Waals surface area contributed by atoms with Crippen molar-refractivity contribution in [1.29, 1.82) is 0 Å². The lowest BCUT2D eigenvalue weighted by Crippen LogP contribution is -2.37. The molecule has 0 N–H and O–H groups in total. The van der Waals surface area contributed by atoms with Crippen LogP contribution in [-0.2, 0) is 17.8 Å². The normalized spacial score (nSPS) is 24.8. The first-order valence-electron chi connectivity index (χ1n) is 8.23. The second-order valence-electron chi connectivity index (χ2n) is 6.56. The van der Waals surface area contributed by atoms with E-state index in [0.717, 1.165) is 18.4 Å². The zero-order valence-corrected chi connectivity index (χ0v) is 14.7. The van der Waals surface area contributed by atoms with Crippen molar-refractivity contribution in [3.63, 3.8) is 0 Å². The van der Waals surface area contributed by atoms with Crippen LogP contribution in [0.5, 0.6) is 11.5 Å². The van der Waals surface area contributed by atoms with Crippen LogP contribution in [-0.4, -0.2) is 31.1 Å². The molecule has 1 amide bonds. The van der Waals surface area contributed by atoms with Crippen LogP contribution in [0.2, 0.25) is 0 Å². The van der Waals surface area contributed by atoms with Gasteiger partial charge >= 0.3 is 0 Å². The van der Waals surface area contributed by atoms with Gasteiger partial charge in [0.05, 0.1) is 14.2 Å². The molecule has 126 valence electrons. The van der Waals surface area contributed by atoms with E-state index in [1.807, 2.05) is 18.2 Å². The molecule has 2 fully saturated rings. The van der Waals surface area contributed by atoms with Crippen LogP contribution >= 0.6 is 11.3 Å². The van der Waals surface area contributed by atoms with Crippen LogP contribution in [0.1, 0.15) is 17.5 Å². The molecule has 2 aliphatic rings. The molecule has 4 nitrogen and oxygen atoms in total. The van der Waals surface area contributed by atoms with Crippen molar-refractivity contribution in [3.8, 4) is 11.5 Å². The summed E-state index contributed by atoms with van der Waals surface area (Å²) in [4.78, 5) is 14.7. The maximum atomic E-state index is 12.6. The summed E-state index contributed by atoms with van der Waals surface area (Å²) < 4.78 is 10.7. The van der Waals surface area contributed by atoms with Crippen LogP contribution < -0.4 is 9.47 Å². The highest BCUT2D eigenvalue weighted by Gasteiger charge is 2.58. The van der Waals surface area contributed by atoms with Gasteiger partial charge in [0.25, 0.3) is 0 Å². The van der Waals surface area contributed by atoms with Gasteiger partial charge < -0.3 is 14.4 Å². The van der Waals surface area contributed by atoms with E-state index in [1.54, 1.807) is 25.6 Å². The average Bonchev–Trinajstić information content (AvgIpc) is 3.15. The molecule has 0 radical (unpaired) electrons. The first kappa shape index (κ1) is 15.5. The van der Waals surface area contributed by atoms with Crippen molar-refractivity contribution in [2.45, 2.75) is 25.4 Å². The van der Waals surface area contributed by atoms with Gasteiger partial charge in [0.1, 0.15) is 0 Å². The third-order valence-electron chi connectivity index (χ3n) is 5.16. The van der Waals surface area contributed by atoms with Crippen LogP contribution in [0.3, 0.4) is 0 Å². The van der Waals surface area contributed by atoms with Gasteiger partial charge in [-0.1, -0.05) is 6.07 Å².